The Balaban J connectivity index is 2.71. The SMILES string of the molecule is CCNC(=NCC(C)C(=O)OC)N(C)Cc1ccc(Cl)cc1. The molecule has 0 aromatic heterocycles. The highest BCUT2D eigenvalue weighted by Gasteiger charge is 2.13. The Kier molecular flexibility index (Phi) is 7.74. The predicted octanol–water partition coefficient (Wildman–Crippen LogP) is 2.55. The van der Waals surface area contributed by atoms with Crippen LogP contribution in [-0.2, 0) is 16.1 Å². The number of ether oxygens (including phenoxy) is 1. The second-order valence-corrected chi connectivity index (χ2v) is 5.54. The minimum atomic E-state index is -0.261. The van der Waals surface area contributed by atoms with Gasteiger partial charge in [-0.25, -0.2) is 0 Å². The minimum absolute atomic E-state index is 0.250. The Hall–Kier alpha value is -1.75. The van der Waals surface area contributed by atoms with E-state index in [1.807, 2.05) is 43.1 Å². The summed E-state index contributed by atoms with van der Waals surface area (Å²) in [5, 5.41) is 3.95. The van der Waals surface area contributed by atoms with Crippen LogP contribution in [-0.4, -0.2) is 44.1 Å². The molecule has 1 rings (SSSR count). The first-order valence-electron chi connectivity index (χ1n) is 7.29. The zero-order valence-electron chi connectivity index (χ0n) is 13.6. The minimum Gasteiger partial charge on any atom is -0.469 e. The summed E-state index contributed by atoms with van der Waals surface area (Å²) in [5.74, 6) is 0.246. The summed E-state index contributed by atoms with van der Waals surface area (Å²) < 4.78 is 4.72. The number of carbonyl (C=O) groups excluding carboxylic acids is 1. The molecule has 0 amide bonds. The number of guanidine groups is 1. The highest BCUT2D eigenvalue weighted by Crippen LogP contribution is 2.11. The van der Waals surface area contributed by atoms with Crippen molar-refractivity contribution in [2.75, 3.05) is 27.2 Å². The smallest absolute Gasteiger partial charge is 0.310 e. The van der Waals surface area contributed by atoms with Crippen LogP contribution in [0.2, 0.25) is 5.02 Å². The summed E-state index contributed by atoms with van der Waals surface area (Å²) in [4.78, 5) is 17.9. The third-order valence-electron chi connectivity index (χ3n) is 3.15. The van der Waals surface area contributed by atoms with E-state index in [1.165, 1.54) is 7.11 Å². The summed E-state index contributed by atoms with van der Waals surface area (Å²) >= 11 is 5.89. The molecule has 0 aliphatic carbocycles. The van der Waals surface area contributed by atoms with Crippen molar-refractivity contribution < 1.29 is 9.53 Å². The molecule has 1 unspecified atom stereocenters. The molecular formula is C16H24ClN3O2. The van der Waals surface area contributed by atoms with Crippen LogP contribution >= 0.6 is 11.6 Å². The molecule has 0 aliphatic heterocycles. The van der Waals surface area contributed by atoms with Crippen LogP contribution in [0, 0.1) is 5.92 Å². The van der Waals surface area contributed by atoms with Gasteiger partial charge in [-0.2, -0.15) is 0 Å². The lowest BCUT2D eigenvalue weighted by Crippen LogP contribution is -2.39. The lowest BCUT2D eigenvalue weighted by molar-refractivity contribution is -0.144. The van der Waals surface area contributed by atoms with Crippen molar-refractivity contribution in [3.63, 3.8) is 0 Å². The molecule has 0 bridgehead atoms. The molecule has 122 valence electrons. The van der Waals surface area contributed by atoms with E-state index in [1.54, 1.807) is 6.92 Å². The van der Waals surface area contributed by atoms with Crippen LogP contribution in [0.15, 0.2) is 29.3 Å². The van der Waals surface area contributed by atoms with E-state index < -0.39 is 0 Å². The monoisotopic (exact) mass is 325 g/mol. The zero-order valence-corrected chi connectivity index (χ0v) is 14.4. The summed E-state index contributed by atoms with van der Waals surface area (Å²) in [6.07, 6.45) is 0. The van der Waals surface area contributed by atoms with Gasteiger partial charge < -0.3 is 15.0 Å². The molecule has 5 nitrogen and oxygen atoms in total. The van der Waals surface area contributed by atoms with E-state index in [0.717, 1.165) is 23.1 Å². The number of esters is 1. The second kappa shape index (κ2) is 9.30. The highest BCUT2D eigenvalue weighted by atomic mass is 35.5. The van der Waals surface area contributed by atoms with Gasteiger partial charge in [0.1, 0.15) is 0 Å². The Morgan fingerprint density at radius 2 is 2.05 bits per heavy atom. The number of aliphatic imine (C=N–C) groups is 1. The average Bonchev–Trinajstić information content (AvgIpc) is 2.52. The van der Waals surface area contributed by atoms with Crippen LogP contribution in [0.4, 0.5) is 0 Å². The predicted molar refractivity (Wildman–Crippen MR) is 90.1 cm³/mol. The first-order valence-corrected chi connectivity index (χ1v) is 7.67. The van der Waals surface area contributed by atoms with Crippen molar-refractivity contribution in [3.05, 3.63) is 34.9 Å². The van der Waals surface area contributed by atoms with E-state index in [2.05, 4.69) is 10.3 Å². The normalized spacial score (nSPS) is 12.7. The quantitative estimate of drug-likeness (QED) is 0.496. The molecule has 1 N–H and O–H groups in total. The number of halogens is 1. The van der Waals surface area contributed by atoms with Crippen molar-refractivity contribution in [2.45, 2.75) is 20.4 Å². The maximum absolute atomic E-state index is 11.4. The molecule has 22 heavy (non-hydrogen) atoms. The lowest BCUT2D eigenvalue weighted by Gasteiger charge is -2.22. The first-order chi connectivity index (χ1) is 10.5. The molecule has 1 aromatic rings. The number of methoxy groups -OCH3 is 1. The number of hydrogen-bond acceptors (Lipinski definition) is 3. The molecular weight excluding hydrogens is 302 g/mol. The van der Waals surface area contributed by atoms with E-state index in [9.17, 15) is 4.79 Å². The van der Waals surface area contributed by atoms with Crippen LogP contribution in [0.3, 0.4) is 0 Å². The summed E-state index contributed by atoms with van der Waals surface area (Å²) in [6, 6.07) is 7.71. The number of nitrogens with zero attached hydrogens (tertiary/aromatic N) is 2. The standard InChI is InChI=1S/C16H24ClN3O2/c1-5-18-16(19-10-12(2)15(21)22-4)20(3)11-13-6-8-14(17)9-7-13/h6-9,12H,5,10-11H2,1-4H3,(H,18,19). The van der Waals surface area contributed by atoms with Crippen LogP contribution in [0.1, 0.15) is 19.4 Å². The van der Waals surface area contributed by atoms with Gasteiger partial charge in [0, 0.05) is 25.2 Å². The van der Waals surface area contributed by atoms with E-state index in [4.69, 9.17) is 16.3 Å². The van der Waals surface area contributed by atoms with E-state index in [-0.39, 0.29) is 11.9 Å². The van der Waals surface area contributed by atoms with Crippen molar-refractivity contribution in [1.29, 1.82) is 0 Å². The van der Waals surface area contributed by atoms with Crippen LogP contribution in [0.25, 0.3) is 0 Å². The third kappa shape index (κ3) is 5.93. The molecule has 1 aromatic carbocycles. The van der Waals surface area contributed by atoms with Gasteiger partial charge >= 0.3 is 5.97 Å². The Bertz CT molecular complexity index is 503. The van der Waals surface area contributed by atoms with E-state index >= 15 is 0 Å². The Morgan fingerprint density at radius 1 is 1.41 bits per heavy atom. The average molecular weight is 326 g/mol. The van der Waals surface area contributed by atoms with Gasteiger partial charge in [-0.3, -0.25) is 9.79 Å². The fourth-order valence-corrected chi connectivity index (χ4v) is 2.03. The third-order valence-corrected chi connectivity index (χ3v) is 3.40. The van der Waals surface area contributed by atoms with Gasteiger partial charge in [-0.1, -0.05) is 30.7 Å². The second-order valence-electron chi connectivity index (χ2n) is 5.10. The van der Waals surface area contributed by atoms with Gasteiger partial charge in [-0.15, -0.1) is 0 Å². The van der Waals surface area contributed by atoms with Crippen molar-refractivity contribution in [2.24, 2.45) is 10.9 Å². The molecule has 0 spiro atoms. The van der Waals surface area contributed by atoms with Gasteiger partial charge in [0.25, 0.3) is 0 Å². The highest BCUT2D eigenvalue weighted by molar-refractivity contribution is 6.30. The van der Waals surface area contributed by atoms with Gasteiger partial charge in [0.05, 0.1) is 19.6 Å². The molecule has 0 saturated carbocycles. The van der Waals surface area contributed by atoms with Crippen LogP contribution < -0.4 is 5.32 Å². The van der Waals surface area contributed by atoms with Crippen molar-refractivity contribution in [3.8, 4) is 0 Å². The fourth-order valence-electron chi connectivity index (χ4n) is 1.91. The zero-order chi connectivity index (χ0) is 16.5. The number of carbonyl (C=O) groups is 1. The molecule has 0 fully saturated rings. The number of nitrogens with one attached hydrogen (secondary N) is 1. The van der Waals surface area contributed by atoms with Gasteiger partial charge in [-0.05, 0) is 24.6 Å². The van der Waals surface area contributed by atoms with Crippen molar-refractivity contribution in [1.82, 2.24) is 10.2 Å². The fraction of sp³-hybridized carbons (Fsp3) is 0.500. The first kappa shape index (κ1) is 18.3. The molecule has 6 heteroatoms. The van der Waals surface area contributed by atoms with Gasteiger partial charge in [0.15, 0.2) is 5.96 Å². The lowest BCUT2D eigenvalue weighted by atomic mass is 10.2. The Morgan fingerprint density at radius 3 is 2.59 bits per heavy atom. The Labute approximate surface area is 137 Å². The molecule has 0 saturated heterocycles. The molecule has 0 radical (unpaired) electrons. The summed E-state index contributed by atoms with van der Waals surface area (Å²) in [7, 11) is 3.35. The van der Waals surface area contributed by atoms with Gasteiger partial charge in [0.2, 0.25) is 0 Å². The van der Waals surface area contributed by atoms with Crippen LogP contribution in [0.5, 0.6) is 0 Å². The molecule has 0 aliphatic rings. The van der Waals surface area contributed by atoms with Crippen molar-refractivity contribution >= 4 is 23.5 Å². The van der Waals surface area contributed by atoms with E-state index in [0.29, 0.717) is 13.1 Å². The summed E-state index contributed by atoms with van der Waals surface area (Å²) in [5.41, 5.74) is 1.14. The maximum atomic E-state index is 11.4. The topological polar surface area (TPSA) is 53.9 Å². The number of benzene rings is 1. The maximum Gasteiger partial charge on any atom is 0.310 e. The largest absolute Gasteiger partial charge is 0.469 e. The molecule has 0 heterocycles. The molecule has 1 atom stereocenters. The number of rotatable bonds is 6. The number of hydrogen-bond donors (Lipinski definition) is 1. The summed E-state index contributed by atoms with van der Waals surface area (Å²) in [6.45, 7) is 5.67.